The molecule has 1 aromatic heterocycles. The molecule has 0 aromatic carbocycles. The topological polar surface area (TPSA) is 47.1 Å². The van der Waals surface area contributed by atoms with Gasteiger partial charge in [-0.15, -0.1) is 0 Å². The lowest BCUT2D eigenvalue weighted by molar-refractivity contribution is 0.135. The van der Waals surface area contributed by atoms with Gasteiger partial charge in [-0.05, 0) is 33.7 Å². The molecule has 1 atom stereocenters. The molecule has 1 aromatic rings. The van der Waals surface area contributed by atoms with Crippen molar-refractivity contribution >= 4 is 0 Å². The highest BCUT2D eigenvalue weighted by Crippen LogP contribution is 2.29. The van der Waals surface area contributed by atoms with Gasteiger partial charge >= 0.3 is 0 Å². The summed E-state index contributed by atoms with van der Waals surface area (Å²) in [6, 6.07) is 1.40. The van der Waals surface area contributed by atoms with Gasteiger partial charge in [-0.25, -0.2) is 4.98 Å². The molecule has 1 unspecified atom stereocenters. The Morgan fingerprint density at radius 1 is 1.37 bits per heavy atom. The van der Waals surface area contributed by atoms with Crippen LogP contribution in [0.15, 0.2) is 12.5 Å². The standard InChI is InChI=1S/C15H28N4/c1-12(2)19-11-17-10-15(19)14(9-16)18(3)13-7-5-4-6-8-13/h10-14H,4-9,16H2,1-3H3. The molecule has 1 saturated carbocycles. The molecule has 4 heteroatoms. The Kier molecular flexibility index (Phi) is 4.99. The van der Waals surface area contributed by atoms with Crippen LogP contribution in [0.4, 0.5) is 0 Å². The number of imidazole rings is 1. The molecule has 0 aliphatic heterocycles. The lowest BCUT2D eigenvalue weighted by Gasteiger charge is -2.37. The summed E-state index contributed by atoms with van der Waals surface area (Å²) in [5.41, 5.74) is 7.31. The van der Waals surface area contributed by atoms with Crippen LogP contribution in [0.1, 0.15) is 63.7 Å². The van der Waals surface area contributed by atoms with Crippen molar-refractivity contribution in [2.24, 2.45) is 5.73 Å². The molecule has 1 aliphatic rings. The van der Waals surface area contributed by atoms with Gasteiger partial charge in [0.1, 0.15) is 0 Å². The monoisotopic (exact) mass is 264 g/mol. The van der Waals surface area contributed by atoms with Gasteiger partial charge in [0.05, 0.1) is 18.1 Å². The molecule has 19 heavy (non-hydrogen) atoms. The first-order chi connectivity index (χ1) is 9.15. The van der Waals surface area contributed by atoms with Crippen molar-refractivity contribution in [2.75, 3.05) is 13.6 Å². The van der Waals surface area contributed by atoms with Crippen molar-refractivity contribution in [2.45, 2.75) is 64.1 Å². The van der Waals surface area contributed by atoms with E-state index >= 15 is 0 Å². The lowest BCUT2D eigenvalue weighted by Crippen LogP contribution is -2.40. The fraction of sp³-hybridized carbons (Fsp3) is 0.800. The molecular formula is C15H28N4. The Bertz CT molecular complexity index is 379. The second kappa shape index (κ2) is 6.53. The summed E-state index contributed by atoms with van der Waals surface area (Å²) in [6.07, 6.45) is 10.6. The van der Waals surface area contributed by atoms with Gasteiger partial charge < -0.3 is 10.3 Å². The van der Waals surface area contributed by atoms with E-state index in [1.54, 1.807) is 0 Å². The quantitative estimate of drug-likeness (QED) is 0.889. The predicted molar refractivity (Wildman–Crippen MR) is 79.0 cm³/mol. The minimum absolute atomic E-state index is 0.285. The third-order valence-electron chi connectivity index (χ3n) is 4.46. The largest absolute Gasteiger partial charge is 0.331 e. The van der Waals surface area contributed by atoms with Crippen molar-refractivity contribution in [3.05, 3.63) is 18.2 Å². The highest BCUT2D eigenvalue weighted by molar-refractivity contribution is 5.08. The summed E-state index contributed by atoms with van der Waals surface area (Å²) >= 11 is 0. The molecule has 108 valence electrons. The Morgan fingerprint density at radius 3 is 2.63 bits per heavy atom. The summed E-state index contributed by atoms with van der Waals surface area (Å²) in [7, 11) is 2.23. The Morgan fingerprint density at radius 2 is 2.05 bits per heavy atom. The van der Waals surface area contributed by atoms with Crippen molar-refractivity contribution < 1.29 is 0 Å². The Balaban J connectivity index is 2.16. The van der Waals surface area contributed by atoms with Gasteiger partial charge in [-0.1, -0.05) is 19.3 Å². The van der Waals surface area contributed by atoms with E-state index in [2.05, 4.69) is 35.3 Å². The summed E-state index contributed by atoms with van der Waals surface area (Å²) in [4.78, 5) is 6.80. The first kappa shape index (κ1) is 14.5. The second-order valence-corrected chi connectivity index (χ2v) is 6.03. The van der Waals surface area contributed by atoms with Crippen molar-refractivity contribution in [1.29, 1.82) is 0 Å². The zero-order valence-corrected chi connectivity index (χ0v) is 12.5. The highest BCUT2D eigenvalue weighted by Gasteiger charge is 2.27. The number of rotatable bonds is 5. The van der Waals surface area contributed by atoms with E-state index in [1.807, 2.05) is 12.5 Å². The zero-order chi connectivity index (χ0) is 13.8. The third-order valence-corrected chi connectivity index (χ3v) is 4.46. The smallest absolute Gasteiger partial charge is 0.0951 e. The third kappa shape index (κ3) is 3.18. The fourth-order valence-corrected chi connectivity index (χ4v) is 3.24. The maximum absolute atomic E-state index is 6.06. The summed E-state index contributed by atoms with van der Waals surface area (Å²) in [5, 5.41) is 0. The van der Waals surface area contributed by atoms with Crippen molar-refractivity contribution in [1.82, 2.24) is 14.5 Å². The molecule has 0 saturated heterocycles. The first-order valence-corrected chi connectivity index (χ1v) is 7.59. The van der Waals surface area contributed by atoms with E-state index in [1.165, 1.54) is 37.8 Å². The summed E-state index contributed by atoms with van der Waals surface area (Å²) in [5.74, 6) is 0. The Labute approximate surface area is 117 Å². The minimum Gasteiger partial charge on any atom is -0.331 e. The molecule has 0 spiro atoms. The van der Waals surface area contributed by atoms with E-state index in [0.29, 0.717) is 18.6 Å². The maximum atomic E-state index is 6.06. The molecule has 2 rings (SSSR count). The van der Waals surface area contributed by atoms with Crippen LogP contribution in [0.2, 0.25) is 0 Å². The van der Waals surface area contributed by atoms with E-state index in [0.717, 1.165) is 0 Å². The zero-order valence-electron chi connectivity index (χ0n) is 12.5. The van der Waals surface area contributed by atoms with Gasteiger partial charge in [0.15, 0.2) is 0 Å². The number of nitrogens with zero attached hydrogens (tertiary/aromatic N) is 3. The molecule has 0 amide bonds. The highest BCUT2D eigenvalue weighted by atomic mass is 15.2. The van der Waals surface area contributed by atoms with Crippen LogP contribution in [0.5, 0.6) is 0 Å². The number of hydrogen-bond acceptors (Lipinski definition) is 3. The minimum atomic E-state index is 0.285. The summed E-state index contributed by atoms with van der Waals surface area (Å²) in [6.45, 7) is 5.05. The molecular weight excluding hydrogens is 236 g/mol. The van der Waals surface area contributed by atoms with Gasteiger partial charge in [-0.2, -0.15) is 0 Å². The van der Waals surface area contributed by atoms with E-state index in [-0.39, 0.29) is 6.04 Å². The van der Waals surface area contributed by atoms with Crippen molar-refractivity contribution in [3.63, 3.8) is 0 Å². The van der Waals surface area contributed by atoms with Crippen LogP contribution in [0.3, 0.4) is 0 Å². The van der Waals surface area contributed by atoms with Crippen LogP contribution in [0, 0.1) is 0 Å². The summed E-state index contributed by atoms with van der Waals surface area (Å²) < 4.78 is 2.25. The van der Waals surface area contributed by atoms with Gasteiger partial charge in [0.2, 0.25) is 0 Å². The molecule has 1 aliphatic carbocycles. The van der Waals surface area contributed by atoms with Gasteiger partial charge in [-0.3, -0.25) is 4.90 Å². The molecule has 2 N–H and O–H groups in total. The number of hydrogen-bond donors (Lipinski definition) is 1. The maximum Gasteiger partial charge on any atom is 0.0951 e. The number of nitrogens with two attached hydrogens (primary N) is 1. The van der Waals surface area contributed by atoms with Crippen LogP contribution in [-0.2, 0) is 0 Å². The van der Waals surface area contributed by atoms with Crippen LogP contribution in [0.25, 0.3) is 0 Å². The molecule has 1 heterocycles. The average molecular weight is 264 g/mol. The fourth-order valence-electron chi connectivity index (χ4n) is 3.24. The molecule has 0 radical (unpaired) electrons. The number of likely N-dealkylation sites (N-methyl/N-ethyl adjacent to an activating group) is 1. The molecule has 1 fully saturated rings. The normalized spacial score (nSPS) is 19.3. The van der Waals surface area contributed by atoms with Crippen molar-refractivity contribution in [3.8, 4) is 0 Å². The molecule has 0 bridgehead atoms. The van der Waals surface area contributed by atoms with Gasteiger partial charge in [0, 0.05) is 24.8 Å². The number of aromatic nitrogens is 2. The average Bonchev–Trinajstić information content (AvgIpc) is 2.90. The predicted octanol–water partition coefficient (Wildman–Crippen LogP) is 2.73. The van der Waals surface area contributed by atoms with Crippen LogP contribution >= 0.6 is 0 Å². The lowest BCUT2D eigenvalue weighted by atomic mass is 9.93. The van der Waals surface area contributed by atoms with Crippen LogP contribution in [-0.4, -0.2) is 34.1 Å². The van der Waals surface area contributed by atoms with Gasteiger partial charge in [0.25, 0.3) is 0 Å². The first-order valence-electron chi connectivity index (χ1n) is 7.59. The second-order valence-electron chi connectivity index (χ2n) is 6.03. The SMILES string of the molecule is CC(C)n1cncc1C(CN)N(C)C1CCCCC1. The Hall–Kier alpha value is -0.870. The van der Waals surface area contributed by atoms with E-state index < -0.39 is 0 Å². The molecule has 4 nitrogen and oxygen atoms in total. The van der Waals surface area contributed by atoms with E-state index in [4.69, 9.17) is 5.73 Å². The van der Waals surface area contributed by atoms with E-state index in [9.17, 15) is 0 Å². The van der Waals surface area contributed by atoms with Crippen LogP contribution < -0.4 is 5.73 Å².